The van der Waals surface area contributed by atoms with Crippen LogP contribution < -0.4 is 5.73 Å². The third-order valence-corrected chi connectivity index (χ3v) is 2.86. The Hall–Kier alpha value is -1.88. The SMILES string of the molecule is COC(=O)c1nc(CCCN)n2ccc(C)cc12. The number of pyridine rings is 1. The Balaban J connectivity index is 2.56. The average Bonchev–Trinajstić information content (AvgIpc) is 2.73. The third kappa shape index (κ3) is 2.22. The van der Waals surface area contributed by atoms with Crippen molar-refractivity contribution < 1.29 is 9.53 Å². The highest BCUT2D eigenvalue weighted by Gasteiger charge is 2.17. The van der Waals surface area contributed by atoms with E-state index in [-0.39, 0.29) is 0 Å². The van der Waals surface area contributed by atoms with E-state index in [9.17, 15) is 4.79 Å². The van der Waals surface area contributed by atoms with E-state index in [4.69, 9.17) is 10.5 Å². The molecule has 2 heterocycles. The first-order valence-corrected chi connectivity index (χ1v) is 5.93. The normalized spacial score (nSPS) is 10.8. The summed E-state index contributed by atoms with van der Waals surface area (Å²) in [5.74, 6) is 0.438. The Morgan fingerprint density at radius 3 is 3.00 bits per heavy atom. The fourth-order valence-corrected chi connectivity index (χ4v) is 1.94. The Morgan fingerprint density at radius 2 is 2.33 bits per heavy atom. The molecule has 0 bridgehead atoms. The van der Waals surface area contributed by atoms with Gasteiger partial charge in [0.25, 0.3) is 0 Å². The molecule has 2 N–H and O–H groups in total. The van der Waals surface area contributed by atoms with Crippen LogP contribution in [0.25, 0.3) is 5.52 Å². The van der Waals surface area contributed by atoms with Gasteiger partial charge in [-0.05, 0) is 37.6 Å². The minimum atomic E-state index is -0.405. The Bertz CT molecular complexity index is 575. The van der Waals surface area contributed by atoms with Crippen molar-refractivity contribution >= 4 is 11.5 Å². The highest BCUT2D eigenvalue weighted by atomic mass is 16.5. The summed E-state index contributed by atoms with van der Waals surface area (Å²) in [4.78, 5) is 16.1. The number of methoxy groups -OCH3 is 1. The molecular weight excluding hydrogens is 230 g/mol. The number of aromatic nitrogens is 2. The number of carbonyl (C=O) groups excluding carboxylic acids is 1. The minimum Gasteiger partial charge on any atom is -0.464 e. The first-order chi connectivity index (χ1) is 8.67. The highest BCUT2D eigenvalue weighted by molar-refractivity contribution is 5.95. The number of fused-ring (bicyclic) bond motifs is 1. The maximum absolute atomic E-state index is 11.7. The molecule has 0 spiro atoms. The van der Waals surface area contributed by atoms with E-state index in [1.807, 2.05) is 29.7 Å². The monoisotopic (exact) mass is 247 g/mol. The molecule has 0 saturated heterocycles. The van der Waals surface area contributed by atoms with E-state index < -0.39 is 5.97 Å². The van der Waals surface area contributed by atoms with Gasteiger partial charge < -0.3 is 14.9 Å². The Labute approximate surface area is 106 Å². The number of esters is 1. The van der Waals surface area contributed by atoms with Gasteiger partial charge in [-0.3, -0.25) is 0 Å². The zero-order valence-electron chi connectivity index (χ0n) is 10.6. The van der Waals surface area contributed by atoms with Gasteiger partial charge in [-0.25, -0.2) is 9.78 Å². The number of ether oxygens (including phenoxy) is 1. The van der Waals surface area contributed by atoms with Gasteiger partial charge >= 0.3 is 5.97 Å². The van der Waals surface area contributed by atoms with E-state index in [1.54, 1.807) is 0 Å². The minimum absolute atomic E-state index is 0.369. The molecule has 0 unspecified atom stereocenters. The number of rotatable bonds is 4. The molecule has 5 heteroatoms. The van der Waals surface area contributed by atoms with E-state index in [2.05, 4.69) is 4.98 Å². The summed E-state index contributed by atoms with van der Waals surface area (Å²) in [6, 6.07) is 3.92. The number of hydrogen-bond acceptors (Lipinski definition) is 4. The molecule has 2 rings (SSSR count). The molecule has 0 saturated carbocycles. The van der Waals surface area contributed by atoms with Crippen LogP contribution in [0.2, 0.25) is 0 Å². The quantitative estimate of drug-likeness (QED) is 0.827. The second-order valence-corrected chi connectivity index (χ2v) is 4.22. The summed E-state index contributed by atoms with van der Waals surface area (Å²) in [7, 11) is 1.36. The fraction of sp³-hybridized carbons (Fsp3) is 0.385. The summed E-state index contributed by atoms with van der Waals surface area (Å²) in [5, 5.41) is 0. The fourth-order valence-electron chi connectivity index (χ4n) is 1.94. The molecular formula is C13H17N3O2. The molecule has 0 aliphatic rings. The number of carbonyl (C=O) groups is 1. The molecule has 0 atom stereocenters. The lowest BCUT2D eigenvalue weighted by Gasteiger charge is -2.01. The molecule has 0 aromatic carbocycles. The van der Waals surface area contributed by atoms with Crippen molar-refractivity contribution in [2.75, 3.05) is 13.7 Å². The average molecular weight is 247 g/mol. The van der Waals surface area contributed by atoms with Crippen molar-refractivity contribution in [3.05, 3.63) is 35.4 Å². The second kappa shape index (κ2) is 5.18. The van der Waals surface area contributed by atoms with Crippen molar-refractivity contribution in [2.24, 2.45) is 5.73 Å². The highest BCUT2D eigenvalue weighted by Crippen LogP contribution is 2.17. The number of imidazole rings is 1. The van der Waals surface area contributed by atoms with E-state index in [0.29, 0.717) is 12.2 Å². The molecule has 0 fully saturated rings. The first-order valence-electron chi connectivity index (χ1n) is 5.93. The van der Waals surface area contributed by atoms with Gasteiger partial charge in [0.2, 0.25) is 0 Å². The van der Waals surface area contributed by atoms with Crippen LogP contribution in [0.15, 0.2) is 18.3 Å². The van der Waals surface area contributed by atoms with E-state index >= 15 is 0 Å². The largest absolute Gasteiger partial charge is 0.464 e. The van der Waals surface area contributed by atoms with Crippen LogP contribution in [0.4, 0.5) is 0 Å². The molecule has 0 aliphatic heterocycles. The van der Waals surface area contributed by atoms with Crippen LogP contribution in [-0.2, 0) is 11.2 Å². The van der Waals surface area contributed by atoms with Crippen molar-refractivity contribution in [3.63, 3.8) is 0 Å². The Kier molecular flexibility index (Phi) is 3.62. The summed E-state index contributed by atoms with van der Waals surface area (Å²) in [6.07, 6.45) is 3.52. The van der Waals surface area contributed by atoms with E-state index in [1.165, 1.54) is 7.11 Å². The molecule has 2 aromatic heterocycles. The molecule has 96 valence electrons. The van der Waals surface area contributed by atoms with Crippen LogP contribution in [0, 0.1) is 6.92 Å². The van der Waals surface area contributed by atoms with Gasteiger partial charge in [0.1, 0.15) is 5.82 Å². The zero-order chi connectivity index (χ0) is 13.1. The maximum atomic E-state index is 11.7. The van der Waals surface area contributed by atoms with Crippen molar-refractivity contribution in [1.29, 1.82) is 0 Å². The molecule has 0 amide bonds. The van der Waals surface area contributed by atoms with Gasteiger partial charge in [0, 0.05) is 12.6 Å². The maximum Gasteiger partial charge on any atom is 0.358 e. The van der Waals surface area contributed by atoms with Crippen LogP contribution in [0.1, 0.15) is 28.3 Å². The summed E-state index contributed by atoms with van der Waals surface area (Å²) in [6.45, 7) is 2.59. The standard InChI is InChI=1S/C13H17N3O2/c1-9-5-7-16-10(8-9)12(13(17)18-2)15-11(16)4-3-6-14/h5,7-8H,3-4,6,14H2,1-2H3. The van der Waals surface area contributed by atoms with Gasteiger partial charge in [-0.2, -0.15) is 0 Å². The van der Waals surface area contributed by atoms with Gasteiger partial charge in [0.15, 0.2) is 5.69 Å². The smallest absolute Gasteiger partial charge is 0.358 e. The first kappa shape index (κ1) is 12.6. The zero-order valence-corrected chi connectivity index (χ0v) is 10.6. The molecule has 0 aliphatic carbocycles. The van der Waals surface area contributed by atoms with Crippen LogP contribution >= 0.6 is 0 Å². The molecule has 5 nitrogen and oxygen atoms in total. The van der Waals surface area contributed by atoms with Crippen molar-refractivity contribution in [3.8, 4) is 0 Å². The van der Waals surface area contributed by atoms with Gasteiger partial charge in [-0.15, -0.1) is 0 Å². The lowest BCUT2D eigenvalue weighted by Crippen LogP contribution is -2.04. The van der Waals surface area contributed by atoms with Crippen molar-refractivity contribution in [1.82, 2.24) is 9.38 Å². The number of nitrogens with two attached hydrogens (primary N) is 1. The molecule has 2 aromatic rings. The predicted molar refractivity (Wildman–Crippen MR) is 68.6 cm³/mol. The predicted octanol–water partition coefficient (Wildman–Crippen LogP) is 1.32. The summed E-state index contributed by atoms with van der Waals surface area (Å²) < 4.78 is 6.69. The summed E-state index contributed by atoms with van der Waals surface area (Å²) in [5.41, 5.74) is 7.74. The molecule has 0 radical (unpaired) electrons. The van der Waals surface area contributed by atoms with Gasteiger partial charge in [-0.1, -0.05) is 0 Å². The lowest BCUT2D eigenvalue weighted by molar-refractivity contribution is 0.0597. The van der Waals surface area contributed by atoms with E-state index in [0.717, 1.165) is 29.7 Å². The van der Waals surface area contributed by atoms with Gasteiger partial charge in [0.05, 0.1) is 12.6 Å². The second-order valence-electron chi connectivity index (χ2n) is 4.22. The van der Waals surface area contributed by atoms with Crippen molar-refractivity contribution in [2.45, 2.75) is 19.8 Å². The van der Waals surface area contributed by atoms with Crippen LogP contribution in [-0.4, -0.2) is 29.0 Å². The number of nitrogens with zero attached hydrogens (tertiary/aromatic N) is 2. The number of aryl methyl sites for hydroxylation is 2. The van der Waals surface area contributed by atoms with Crippen LogP contribution in [0.5, 0.6) is 0 Å². The Morgan fingerprint density at radius 1 is 1.56 bits per heavy atom. The van der Waals surface area contributed by atoms with Crippen LogP contribution in [0.3, 0.4) is 0 Å². The summed E-state index contributed by atoms with van der Waals surface area (Å²) >= 11 is 0. The third-order valence-electron chi connectivity index (χ3n) is 2.86. The topological polar surface area (TPSA) is 69.6 Å². The molecule has 18 heavy (non-hydrogen) atoms. The number of hydrogen-bond donors (Lipinski definition) is 1. The lowest BCUT2D eigenvalue weighted by atomic mass is 10.2.